The molecule has 0 atom stereocenters. The molecule has 0 spiro atoms. The lowest BCUT2D eigenvalue weighted by Gasteiger charge is -2.06. The van der Waals surface area contributed by atoms with Crippen LogP contribution < -0.4 is 10.2 Å². The molecule has 0 aliphatic heterocycles. The molecular formula is C19H18ClN5O3. The van der Waals surface area contributed by atoms with Gasteiger partial charge in [-0.15, -0.1) is 0 Å². The van der Waals surface area contributed by atoms with Crippen molar-refractivity contribution in [3.8, 4) is 5.75 Å². The van der Waals surface area contributed by atoms with Crippen molar-refractivity contribution in [3.63, 3.8) is 0 Å². The van der Waals surface area contributed by atoms with E-state index in [0.717, 1.165) is 17.0 Å². The third-order valence-electron chi connectivity index (χ3n) is 4.04. The Morgan fingerprint density at radius 1 is 1.32 bits per heavy atom. The van der Waals surface area contributed by atoms with E-state index in [1.165, 1.54) is 12.1 Å². The maximum Gasteiger partial charge on any atom is 0.269 e. The van der Waals surface area contributed by atoms with Gasteiger partial charge in [0.1, 0.15) is 10.9 Å². The van der Waals surface area contributed by atoms with Gasteiger partial charge >= 0.3 is 0 Å². The molecule has 3 aromatic rings. The first kappa shape index (κ1) is 19.4. The molecule has 2 aromatic carbocycles. The van der Waals surface area contributed by atoms with E-state index in [1.54, 1.807) is 30.1 Å². The Labute approximate surface area is 166 Å². The number of hydrazone groups is 1. The second-order valence-electron chi connectivity index (χ2n) is 5.97. The SMILES string of the molecule is COc1cccc(Cn2nc(C)c(/C=N/Nc3ccc([N+](=O)[O-])cc3)c2Cl)c1. The molecule has 0 radical (unpaired) electrons. The Kier molecular flexibility index (Phi) is 5.90. The van der Waals surface area contributed by atoms with Crippen LogP contribution in [0.5, 0.6) is 5.75 Å². The fraction of sp³-hybridized carbons (Fsp3) is 0.158. The monoisotopic (exact) mass is 399 g/mol. The summed E-state index contributed by atoms with van der Waals surface area (Å²) in [4.78, 5) is 10.2. The van der Waals surface area contributed by atoms with E-state index in [4.69, 9.17) is 16.3 Å². The van der Waals surface area contributed by atoms with Crippen LogP contribution in [0.3, 0.4) is 0 Å². The minimum atomic E-state index is -0.451. The topological polar surface area (TPSA) is 94.6 Å². The normalized spacial score (nSPS) is 11.0. The van der Waals surface area contributed by atoms with Crippen molar-refractivity contribution in [2.45, 2.75) is 13.5 Å². The largest absolute Gasteiger partial charge is 0.497 e. The molecule has 0 amide bonds. The number of non-ortho nitro benzene ring substituents is 1. The van der Waals surface area contributed by atoms with E-state index in [2.05, 4.69) is 15.6 Å². The molecule has 8 nitrogen and oxygen atoms in total. The van der Waals surface area contributed by atoms with Gasteiger partial charge in [0.05, 0.1) is 41.7 Å². The molecule has 0 saturated carbocycles. The van der Waals surface area contributed by atoms with Crippen molar-refractivity contribution in [1.29, 1.82) is 0 Å². The second-order valence-corrected chi connectivity index (χ2v) is 6.33. The molecule has 0 aliphatic rings. The Bertz CT molecular complexity index is 1010. The van der Waals surface area contributed by atoms with Crippen molar-refractivity contribution in [2.75, 3.05) is 12.5 Å². The van der Waals surface area contributed by atoms with Gasteiger partial charge in [0.25, 0.3) is 5.69 Å². The number of nitro benzene ring substituents is 1. The van der Waals surface area contributed by atoms with E-state index in [0.29, 0.717) is 22.9 Å². The first-order chi connectivity index (χ1) is 13.5. The highest BCUT2D eigenvalue weighted by atomic mass is 35.5. The summed E-state index contributed by atoms with van der Waals surface area (Å²) in [5.41, 5.74) is 5.91. The maximum absolute atomic E-state index is 10.7. The van der Waals surface area contributed by atoms with E-state index < -0.39 is 4.92 Å². The van der Waals surface area contributed by atoms with E-state index in [9.17, 15) is 10.1 Å². The fourth-order valence-corrected chi connectivity index (χ4v) is 2.87. The van der Waals surface area contributed by atoms with Gasteiger partial charge in [0, 0.05) is 12.1 Å². The molecule has 3 rings (SSSR count). The summed E-state index contributed by atoms with van der Waals surface area (Å²) in [6, 6.07) is 13.7. The summed E-state index contributed by atoms with van der Waals surface area (Å²) >= 11 is 6.47. The zero-order chi connectivity index (χ0) is 20.1. The number of hydrogen-bond donors (Lipinski definition) is 1. The first-order valence-corrected chi connectivity index (χ1v) is 8.75. The number of rotatable bonds is 7. The van der Waals surface area contributed by atoms with Crippen molar-refractivity contribution in [2.24, 2.45) is 5.10 Å². The van der Waals surface area contributed by atoms with Crippen LogP contribution in [0.2, 0.25) is 5.15 Å². The number of hydrogen-bond acceptors (Lipinski definition) is 6. The standard InChI is InChI=1S/C19H18ClN5O3/c1-13-18(11-21-22-15-6-8-16(9-7-15)25(26)27)19(20)24(23-13)12-14-4-3-5-17(10-14)28-2/h3-11,22H,12H2,1-2H3/b21-11+. The number of methoxy groups -OCH3 is 1. The van der Waals surface area contributed by atoms with Crippen LogP contribution >= 0.6 is 11.6 Å². The number of aromatic nitrogens is 2. The summed E-state index contributed by atoms with van der Waals surface area (Å²) in [5.74, 6) is 0.770. The maximum atomic E-state index is 10.7. The Morgan fingerprint density at radius 2 is 2.07 bits per heavy atom. The van der Waals surface area contributed by atoms with Crippen LogP contribution in [0.4, 0.5) is 11.4 Å². The molecule has 0 aliphatic carbocycles. The average Bonchev–Trinajstić information content (AvgIpc) is 2.96. The number of halogens is 1. The van der Waals surface area contributed by atoms with Crippen LogP contribution in [0, 0.1) is 17.0 Å². The molecule has 1 N–H and O–H groups in total. The Morgan fingerprint density at radius 3 is 2.75 bits per heavy atom. The van der Waals surface area contributed by atoms with E-state index >= 15 is 0 Å². The van der Waals surface area contributed by atoms with Crippen molar-refractivity contribution in [1.82, 2.24) is 9.78 Å². The van der Waals surface area contributed by atoms with Crippen LogP contribution in [0.15, 0.2) is 53.6 Å². The number of benzene rings is 2. The zero-order valence-corrected chi connectivity index (χ0v) is 16.1. The van der Waals surface area contributed by atoms with E-state index in [-0.39, 0.29) is 5.69 Å². The third kappa shape index (κ3) is 4.47. The predicted molar refractivity (Wildman–Crippen MR) is 108 cm³/mol. The van der Waals surface area contributed by atoms with Gasteiger partial charge in [0.2, 0.25) is 0 Å². The number of anilines is 1. The fourth-order valence-electron chi connectivity index (χ4n) is 2.59. The first-order valence-electron chi connectivity index (χ1n) is 8.37. The van der Waals surface area contributed by atoms with Crippen LogP contribution in [-0.4, -0.2) is 28.0 Å². The molecular weight excluding hydrogens is 382 g/mol. The second kappa shape index (κ2) is 8.53. The summed E-state index contributed by atoms with van der Waals surface area (Å²) in [6.45, 7) is 2.35. The van der Waals surface area contributed by atoms with Gasteiger partial charge in [-0.2, -0.15) is 10.2 Å². The van der Waals surface area contributed by atoms with Gasteiger partial charge in [-0.05, 0) is 36.8 Å². The predicted octanol–water partition coefficient (Wildman–Crippen LogP) is 4.26. The third-order valence-corrected chi connectivity index (χ3v) is 4.44. The van der Waals surface area contributed by atoms with E-state index in [1.807, 2.05) is 31.2 Å². The molecule has 28 heavy (non-hydrogen) atoms. The van der Waals surface area contributed by atoms with Gasteiger partial charge in [-0.1, -0.05) is 23.7 Å². The molecule has 0 fully saturated rings. The number of aryl methyl sites for hydroxylation is 1. The molecule has 0 bridgehead atoms. The minimum absolute atomic E-state index is 0.0206. The van der Waals surface area contributed by atoms with Gasteiger partial charge < -0.3 is 4.74 Å². The Balaban J connectivity index is 1.72. The van der Waals surface area contributed by atoms with Crippen LogP contribution in [0.1, 0.15) is 16.8 Å². The molecule has 9 heteroatoms. The van der Waals surface area contributed by atoms with Gasteiger partial charge in [-0.3, -0.25) is 15.5 Å². The summed E-state index contributed by atoms with van der Waals surface area (Å²) in [5, 5.41) is 19.8. The number of nitrogens with one attached hydrogen (secondary N) is 1. The summed E-state index contributed by atoms with van der Waals surface area (Å²) in [7, 11) is 1.62. The molecule has 144 valence electrons. The van der Waals surface area contributed by atoms with Crippen molar-refractivity contribution < 1.29 is 9.66 Å². The molecule has 0 saturated heterocycles. The van der Waals surface area contributed by atoms with Gasteiger partial charge in [0.15, 0.2) is 0 Å². The van der Waals surface area contributed by atoms with Crippen molar-refractivity contribution in [3.05, 3.63) is 80.6 Å². The quantitative estimate of drug-likeness (QED) is 0.364. The average molecular weight is 400 g/mol. The lowest BCUT2D eigenvalue weighted by atomic mass is 10.2. The molecule has 1 aromatic heterocycles. The van der Waals surface area contributed by atoms with Gasteiger partial charge in [-0.25, -0.2) is 4.68 Å². The summed E-state index contributed by atoms with van der Waals surface area (Å²) < 4.78 is 6.93. The summed E-state index contributed by atoms with van der Waals surface area (Å²) in [6.07, 6.45) is 1.58. The number of nitro groups is 1. The number of ether oxygens (including phenoxy) is 1. The number of nitrogens with zero attached hydrogens (tertiary/aromatic N) is 4. The zero-order valence-electron chi connectivity index (χ0n) is 15.3. The minimum Gasteiger partial charge on any atom is -0.497 e. The van der Waals surface area contributed by atoms with Crippen LogP contribution in [-0.2, 0) is 6.54 Å². The molecule has 0 unspecified atom stereocenters. The van der Waals surface area contributed by atoms with Crippen LogP contribution in [0.25, 0.3) is 0 Å². The highest BCUT2D eigenvalue weighted by molar-refractivity contribution is 6.32. The highest BCUT2D eigenvalue weighted by Gasteiger charge is 2.12. The molecule has 1 heterocycles. The lowest BCUT2D eigenvalue weighted by molar-refractivity contribution is -0.384. The highest BCUT2D eigenvalue weighted by Crippen LogP contribution is 2.21. The lowest BCUT2D eigenvalue weighted by Crippen LogP contribution is -2.02. The van der Waals surface area contributed by atoms with Crippen molar-refractivity contribution >= 4 is 29.2 Å². The Hall–Kier alpha value is -3.39. The smallest absolute Gasteiger partial charge is 0.269 e.